The summed E-state index contributed by atoms with van der Waals surface area (Å²) in [4.78, 5) is 14.3. The van der Waals surface area contributed by atoms with E-state index in [-0.39, 0.29) is 5.91 Å². The zero-order valence-electron chi connectivity index (χ0n) is 11.0. The van der Waals surface area contributed by atoms with E-state index in [9.17, 15) is 4.79 Å². The van der Waals surface area contributed by atoms with Crippen LogP contribution in [-0.4, -0.2) is 21.9 Å². The van der Waals surface area contributed by atoms with Gasteiger partial charge in [-0.2, -0.15) is 0 Å². The van der Waals surface area contributed by atoms with Crippen molar-refractivity contribution in [3.63, 3.8) is 0 Å². The molecule has 1 aliphatic heterocycles. The highest BCUT2D eigenvalue weighted by Gasteiger charge is 2.24. The number of rotatable bonds is 1. The molecule has 1 amide bonds. The summed E-state index contributed by atoms with van der Waals surface area (Å²) in [6.07, 6.45) is 2.76. The number of nitrogens with two attached hydrogens (primary N) is 1. The first-order chi connectivity index (χ1) is 9.16. The van der Waals surface area contributed by atoms with Crippen LogP contribution in [0.2, 0.25) is 0 Å². The quantitative estimate of drug-likeness (QED) is 0.790. The van der Waals surface area contributed by atoms with E-state index in [4.69, 9.17) is 5.73 Å². The van der Waals surface area contributed by atoms with E-state index in [1.165, 1.54) is 5.56 Å². The van der Waals surface area contributed by atoms with E-state index in [2.05, 4.69) is 6.07 Å². The third kappa shape index (κ3) is 1.99. The molecule has 0 atom stereocenters. The zero-order valence-corrected chi connectivity index (χ0v) is 11.0. The largest absolute Gasteiger partial charge is 0.398 e. The Labute approximate surface area is 112 Å². The molecule has 4 nitrogen and oxygen atoms in total. The van der Waals surface area contributed by atoms with Crippen molar-refractivity contribution < 1.29 is 4.79 Å². The van der Waals surface area contributed by atoms with E-state index < -0.39 is 0 Å². The number of carbonyl (C=O) groups excluding carboxylic acids is 1. The van der Waals surface area contributed by atoms with Crippen molar-refractivity contribution in [2.75, 3.05) is 12.3 Å². The molecule has 4 heteroatoms. The fraction of sp³-hybridized carbons (Fsp3) is 0.267. The van der Waals surface area contributed by atoms with Gasteiger partial charge in [0, 0.05) is 32.0 Å². The van der Waals surface area contributed by atoms with E-state index in [0.29, 0.717) is 6.54 Å². The van der Waals surface area contributed by atoms with Crippen LogP contribution in [0.1, 0.15) is 21.6 Å². The first kappa shape index (κ1) is 11.8. The molecular weight excluding hydrogens is 238 g/mol. The Morgan fingerprint density at radius 1 is 1.26 bits per heavy atom. The Kier molecular flexibility index (Phi) is 2.78. The lowest BCUT2D eigenvalue weighted by Crippen LogP contribution is -2.37. The first-order valence-electron chi connectivity index (χ1n) is 6.43. The molecule has 1 aromatic carbocycles. The minimum Gasteiger partial charge on any atom is -0.398 e. The topological polar surface area (TPSA) is 51.3 Å². The zero-order chi connectivity index (χ0) is 13.4. The van der Waals surface area contributed by atoms with Gasteiger partial charge in [-0.1, -0.05) is 12.1 Å². The van der Waals surface area contributed by atoms with Crippen LogP contribution in [0.25, 0.3) is 0 Å². The Hall–Kier alpha value is -2.23. The number of aryl methyl sites for hydroxylation is 1. The fourth-order valence-electron chi connectivity index (χ4n) is 2.63. The normalized spacial score (nSPS) is 14.3. The molecule has 0 aliphatic carbocycles. The summed E-state index contributed by atoms with van der Waals surface area (Å²) in [5, 5.41) is 0. The molecule has 0 radical (unpaired) electrons. The van der Waals surface area contributed by atoms with Crippen molar-refractivity contribution >= 4 is 11.6 Å². The van der Waals surface area contributed by atoms with Crippen LogP contribution in [0.15, 0.2) is 36.5 Å². The lowest BCUT2D eigenvalue weighted by molar-refractivity contribution is 0.0725. The Balaban J connectivity index is 1.88. The minimum atomic E-state index is 0.0707. The maximum Gasteiger partial charge on any atom is 0.270 e. The molecule has 0 unspecified atom stereocenters. The summed E-state index contributed by atoms with van der Waals surface area (Å²) in [5.41, 5.74) is 9.86. The summed E-state index contributed by atoms with van der Waals surface area (Å²) >= 11 is 0. The van der Waals surface area contributed by atoms with Gasteiger partial charge in [-0.05, 0) is 35.7 Å². The summed E-state index contributed by atoms with van der Waals surface area (Å²) < 4.78 is 1.85. The molecule has 2 heterocycles. The van der Waals surface area contributed by atoms with Gasteiger partial charge in [-0.15, -0.1) is 0 Å². The van der Waals surface area contributed by atoms with Crippen LogP contribution in [0.5, 0.6) is 0 Å². The van der Waals surface area contributed by atoms with Crippen LogP contribution in [0.3, 0.4) is 0 Å². The van der Waals surface area contributed by atoms with Crippen LogP contribution >= 0.6 is 0 Å². The number of benzene rings is 1. The molecule has 1 aromatic heterocycles. The van der Waals surface area contributed by atoms with E-state index >= 15 is 0 Å². The van der Waals surface area contributed by atoms with E-state index in [0.717, 1.165) is 29.9 Å². The number of hydrogen-bond donors (Lipinski definition) is 1. The van der Waals surface area contributed by atoms with Crippen LogP contribution in [0.4, 0.5) is 5.69 Å². The number of amides is 1. The van der Waals surface area contributed by atoms with Gasteiger partial charge in [0.15, 0.2) is 0 Å². The Morgan fingerprint density at radius 3 is 2.84 bits per heavy atom. The van der Waals surface area contributed by atoms with Crippen molar-refractivity contribution in [1.29, 1.82) is 0 Å². The average molecular weight is 255 g/mol. The molecule has 0 saturated heterocycles. The third-order valence-corrected chi connectivity index (χ3v) is 3.76. The van der Waals surface area contributed by atoms with Crippen molar-refractivity contribution in [2.24, 2.45) is 7.05 Å². The average Bonchev–Trinajstić information content (AvgIpc) is 2.84. The van der Waals surface area contributed by atoms with Gasteiger partial charge in [-0.3, -0.25) is 4.79 Å². The number of fused-ring (bicyclic) bond motifs is 1. The second kappa shape index (κ2) is 4.46. The molecule has 0 bridgehead atoms. The Bertz CT molecular complexity index is 630. The smallest absolute Gasteiger partial charge is 0.270 e. The van der Waals surface area contributed by atoms with Crippen LogP contribution < -0.4 is 5.73 Å². The first-order valence-corrected chi connectivity index (χ1v) is 6.43. The van der Waals surface area contributed by atoms with Gasteiger partial charge in [0.05, 0.1) is 0 Å². The number of hydrogen-bond acceptors (Lipinski definition) is 2. The number of aromatic nitrogens is 1. The Morgan fingerprint density at radius 2 is 2.11 bits per heavy atom. The number of carbonyl (C=O) groups is 1. The van der Waals surface area contributed by atoms with Gasteiger partial charge >= 0.3 is 0 Å². The van der Waals surface area contributed by atoms with Gasteiger partial charge in [0.2, 0.25) is 0 Å². The number of nitrogen functional groups attached to an aromatic ring is 1. The molecule has 19 heavy (non-hydrogen) atoms. The molecule has 2 N–H and O–H groups in total. The number of anilines is 1. The van der Waals surface area contributed by atoms with Crippen LogP contribution in [0, 0.1) is 0 Å². The molecule has 2 aromatic rings. The fourth-order valence-corrected chi connectivity index (χ4v) is 2.63. The molecule has 0 spiro atoms. The highest BCUT2D eigenvalue weighted by Crippen LogP contribution is 2.25. The van der Waals surface area contributed by atoms with Crippen molar-refractivity contribution in [3.8, 4) is 0 Å². The SMILES string of the molecule is Cn1cccc1C(=O)N1CCc2cccc(N)c2C1. The third-order valence-electron chi connectivity index (χ3n) is 3.76. The maximum absolute atomic E-state index is 12.5. The lowest BCUT2D eigenvalue weighted by atomic mass is 9.98. The predicted molar refractivity (Wildman–Crippen MR) is 74.7 cm³/mol. The molecule has 1 aliphatic rings. The minimum absolute atomic E-state index is 0.0707. The number of nitrogens with zero attached hydrogens (tertiary/aromatic N) is 2. The highest BCUT2D eigenvalue weighted by atomic mass is 16.2. The second-order valence-electron chi connectivity index (χ2n) is 4.97. The lowest BCUT2D eigenvalue weighted by Gasteiger charge is -2.29. The summed E-state index contributed by atoms with van der Waals surface area (Å²) in [7, 11) is 1.89. The van der Waals surface area contributed by atoms with Crippen molar-refractivity contribution in [3.05, 3.63) is 53.3 Å². The standard InChI is InChI=1S/C15H17N3O/c1-17-8-3-6-14(17)15(19)18-9-7-11-4-2-5-13(16)12(11)10-18/h2-6,8H,7,9-10,16H2,1H3. The van der Waals surface area contributed by atoms with Crippen molar-refractivity contribution in [1.82, 2.24) is 9.47 Å². The van der Waals surface area contributed by atoms with Gasteiger partial charge < -0.3 is 15.2 Å². The van der Waals surface area contributed by atoms with Gasteiger partial charge in [0.25, 0.3) is 5.91 Å². The van der Waals surface area contributed by atoms with E-state index in [1.807, 2.05) is 47.0 Å². The second-order valence-corrected chi connectivity index (χ2v) is 4.97. The highest BCUT2D eigenvalue weighted by molar-refractivity contribution is 5.93. The molecule has 3 rings (SSSR count). The summed E-state index contributed by atoms with van der Waals surface area (Å²) in [6, 6.07) is 9.71. The maximum atomic E-state index is 12.5. The summed E-state index contributed by atoms with van der Waals surface area (Å²) in [6.45, 7) is 1.35. The molecule has 98 valence electrons. The monoisotopic (exact) mass is 255 g/mol. The van der Waals surface area contributed by atoms with Crippen molar-refractivity contribution in [2.45, 2.75) is 13.0 Å². The molecule has 0 saturated carbocycles. The molecule has 0 fully saturated rings. The predicted octanol–water partition coefficient (Wildman–Crippen LogP) is 1.81. The molecular formula is C15H17N3O. The van der Waals surface area contributed by atoms with Gasteiger partial charge in [0.1, 0.15) is 5.69 Å². The van der Waals surface area contributed by atoms with Gasteiger partial charge in [-0.25, -0.2) is 0 Å². The van der Waals surface area contributed by atoms with Crippen LogP contribution in [-0.2, 0) is 20.0 Å². The summed E-state index contributed by atoms with van der Waals surface area (Å²) in [5.74, 6) is 0.0707. The van der Waals surface area contributed by atoms with E-state index in [1.54, 1.807) is 0 Å².